The topological polar surface area (TPSA) is 49.8 Å². The Kier molecular flexibility index (Phi) is 9.17. The van der Waals surface area contributed by atoms with Gasteiger partial charge in [0.15, 0.2) is 6.29 Å². The van der Waals surface area contributed by atoms with Crippen LogP contribution in [-0.4, -0.2) is 25.0 Å². The molecule has 1 unspecified atom stereocenters. The molecule has 35 heavy (non-hydrogen) atoms. The monoisotopic (exact) mass is 471 g/mol. The first-order valence-electron chi connectivity index (χ1n) is 12.3. The summed E-state index contributed by atoms with van der Waals surface area (Å²) in [6.45, 7) is 3.72. The van der Waals surface area contributed by atoms with Crippen LogP contribution >= 0.6 is 0 Å². The number of ether oxygens (including phenoxy) is 4. The zero-order chi connectivity index (χ0) is 24.3. The van der Waals surface area contributed by atoms with Crippen LogP contribution in [0.3, 0.4) is 0 Å². The Labute approximate surface area is 208 Å². The summed E-state index contributed by atoms with van der Waals surface area (Å²) in [4.78, 5) is 4.71. The number of aromatic nitrogens is 1. The Hall–Kier alpha value is -3.33. The van der Waals surface area contributed by atoms with Crippen molar-refractivity contribution in [1.82, 2.24) is 4.98 Å². The third-order valence-corrected chi connectivity index (χ3v) is 5.80. The molecule has 0 amide bonds. The lowest BCUT2D eigenvalue weighted by molar-refractivity contribution is -0.169. The largest absolute Gasteiger partial charge is 0.497 e. The summed E-state index contributed by atoms with van der Waals surface area (Å²) in [5, 5.41) is 0. The van der Waals surface area contributed by atoms with Crippen molar-refractivity contribution in [2.75, 3.05) is 13.7 Å². The summed E-state index contributed by atoms with van der Waals surface area (Å²) in [6, 6.07) is 20.0. The molecule has 1 saturated heterocycles. The fraction of sp³-hybridized carbons (Fsp3) is 0.367. The van der Waals surface area contributed by atoms with Gasteiger partial charge < -0.3 is 18.9 Å². The van der Waals surface area contributed by atoms with E-state index in [1.807, 2.05) is 36.4 Å². The van der Waals surface area contributed by atoms with Gasteiger partial charge >= 0.3 is 0 Å². The van der Waals surface area contributed by atoms with Gasteiger partial charge in [-0.15, -0.1) is 0 Å². The highest BCUT2D eigenvalue weighted by Crippen LogP contribution is 2.20. The molecule has 0 bridgehead atoms. The third kappa shape index (κ3) is 7.85. The first-order valence-corrected chi connectivity index (χ1v) is 12.3. The lowest BCUT2D eigenvalue weighted by Crippen LogP contribution is -2.22. The fourth-order valence-corrected chi connectivity index (χ4v) is 3.87. The molecular weight excluding hydrogens is 438 g/mol. The first-order chi connectivity index (χ1) is 17.2. The molecule has 0 aliphatic carbocycles. The Morgan fingerprint density at radius 1 is 0.914 bits per heavy atom. The van der Waals surface area contributed by atoms with Gasteiger partial charge in [-0.05, 0) is 67.0 Å². The van der Waals surface area contributed by atoms with Crippen LogP contribution in [0.25, 0.3) is 0 Å². The van der Waals surface area contributed by atoms with Crippen molar-refractivity contribution in [2.45, 2.75) is 58.5 Å². The molecule has 0 radical (unpaired) electrons. The molecule has 5 heteroatoms. The van der Waals surface area contributed by atoms with Crippen molar-refractivity contribution in [3.8, 4) is 23.3 Å². The molecule has 182 valence electrons. The van der Waals surface area contributed by atoms with E-state index in [1.54, 1.807) is 7.11 Å². The number of pyridine rings is 1. The molecule has 0 saturated carbocycles. The van der Waals surface area contributed by atoms with E-state index in [-0.39, 0.29) is 6.29 Å². The molecule has 3 aromatic rings. The third-order valence-electron chi connectivity index (χ3n) is 5.80. The standard InChI is InChI=1S/C30H33NO4/c1-3-6-23-8-10-24(11-9-23)12-15-26-19-29(34-21-25-13-16-28(32-2)17-14-25)20-27(31-26)22-35-30-7-4-5-18-33-30/h8-11,13-14,16-17,19-20,30H,3-7,18,21-22H2,1-2H3. The highest BCUT2D eigenvalue weighted by atomic mass is 16.7. The van der Waals surface area contributed by atoms with Crippen LogP contribution in [0.5, 0.6) is 11.5 Å². The maximum absolute atomic E-state index is 6.10. The smallest absolute Gasteiger partial charge is 0.158 e. The van der Waals surface area contributed by atoms with Gasteiger partial charge in [0.25, 0.3) is 0 Å². The Balaban J connectivity index is 1.49. The molecule has 1 fully saturated rings. The van der Waals surface area contributed by atoms with Gasteiger partial charge in [-0.2, -0.15) is 0 Å². The van der Waals surface area contributed by atoms with E-state index in [9.17, 15) is 0 Å². The number of methoxy groups -OCH3 is 1. The molecule has 4 rings (SSSR count). The molecule has 5 nitrogen and oxygen atoms in total. The summed E-state index contributed by atoms with van der Waals surface area (Å²) in [6.07, 6.45) is 5.16. The molecule has 2 heterocycles. The fourth-order valence-electron chi connectivity index (χ4n) is 3.87. The maximum Gasteiger partial charge on any atom is 0.158 e. The number of rotatable bonds is 9. The molecule has 1 aliphatic heterocycles. The predicted octanol–water partition coefficient (Wildman–Crippen LogP) is 6.06. The van der Waals surface area contributed by atoms with Gasteiger partial charge in [0.1, 0.15) is 23.8 Å². The Morgan fingerprint density at radius 2 is 1.71 bits per heavy atom. The van der Waals surface area contributed by atoms with Crippen LogP contribution in [0.4, 0.5) is 0 Å². The number of benzene rings is 2. The molecule has 0 spiro atoms. The number of hydrogen-bond acceptors (Lipinski definition) is 5. The highest BCUT2D eigenvalue weighted by Gasteiger charge is 2.15. The van der Waals surface area contributed by atoms with Crippen molar-refractivity contribution in [3.63, 3.8) is 0 Å². The number of hydrogen-bond donors (Lipinski definition) is 0. The minimum absolute atomic E-state index is 0.175. The minimum atomic E-state index is -0.175. The van der Waals surface area contributed by atoms with Crippen LogP contribution in [0, 0.1) is 11.8 Å². The Bertz CT molecular complexity index is 1120. The normalized spacial score (nSPS) is 15.2. The van der Waals surface area contributed by atoms with E-state index in [1.165, 1.54) is 5.56 Å². The van der Waals surface area contributed by atoms with E-state index >= 15 is 0 Å². The van der Waals surface area contributed by atoms with E-state index in [4.69, 9.17) is 23.9 Å². The summed E-state index contributed by atoms with van der Waals surface area (Å²) in [7, 11) is 1.66. The lowest BCUT2D eigenvalue weighted by atomic mass is 10.1. The second kappa shape index (κ2) is 12.9. The summed E-state index contributed by atoms with van der Waals surface area (Å²) >= 11 is 0. The van der Waals surface area contributed by atoms with Crippen molar-refractivity contribution in [1.29, 1.82) is 0 Å². The summed E-state index contributed by atoms with van der Waals surface area (Å²) in [5.74, 6) is 7.96. The van der Waals surface area contributed by atoms with Crippen LogP contribution < -0.4 is 9.47 Å². The predicted molar refractivity (Wildman–Crippen MR) is 136 cm³/mol. The summed E-state index contributed by atoms with van der Waals surface area (Å²) < 4.78 is 23.0. The van der Waals surface area contributed by atoms with E-state index in [2.05, 4.69) is 43.0 Å². The SMILES string of the molecule is CCCc1ccc(C#Cc2cc(OCc3ccc(OC)cc3)cc(COC3CCCCO3)n2)cc1. The van der Waals surface area contributed by atoms with E-state index in [0.717, 1.165) is 61.3 Å². The van der Waals surface area contributed by atoms with Gasteiger partial charge in [0, 0.05) is 24.3 Å². The second-order valence-corrected chi connectivity index (χ2v) is 8.62. The highest BCUT2D eigenvalue weighted by molar-refractivity contribution is 5.43. The quantitative estimate of drug-likeness (QED) is 0.355. The van der Waals surface area contributed by atoms with E-state index in [0.29, 0.717) is 24.7 Å². The molecule has 1 atom stereocenters. The van der Waals surface area contributed by atoms with Crippen LogP contribution in [0.2, 0.25) is 0 Å². The molecule has 2 aromatic carbocycles. The molecule has 0 N–H and O–H groups in total. The van der Waals surface area contributed by atoms with Crippen LogP contribution in [0.15, 0.2) is 60.7 Å². The zero-order valence-corrected chi connectivity index (χ0v) is 20.6. The number of aryl methyl sites for hydroxylation is 1. The van der Waals surface area contributed by atoms with Gasteiger partial charge in [0.2, 0.25) is 0 Å². The first kappa shape index (κ1) is 24.8. The summed E-state index contributed by atoms with van der Waals surface area (Å²) in [5.41, 5.74) is 4.77. The number of nitrogens with zero attached hydrogens (tertiary/aromatic N) is 1. The van der Waals surface area contributed by atoms with Crippen molar-refractivity contribution in [3.05, 3.63) is 88.7 Å². The van der Waals surface area contributed by atoms with Gasteiger partial charge in [-0.3, -0.25) is 0 Å². The molecule has 1 aromatic heterocycles. The van der Waals surface area contributed by atoms with Crippen LogP contribution in [-0.2, 0) is 29.1 Å². The van der Waals surface area contributed by atoms with Crippen molar-refractivity contribution >= 4 is 0 Å². The van der Waals surface area contributed by atoms with Gasteiger partial charge in [0.05, 0.1) is 19.4 Å². The van der Waals surface area contributed by atoms with E-state index < -0.39 is 0 Å². The molecular formula is C30H33NO4. The zero-order valence-electron chi connectivity index (χ0n) is 20.6. The van der Waals surface area contributed by atoms with Crippen LogP contribution in [0.1, 0.15) is 60.7 Å². The molecule has 1 aliphatic rings. The minimum Gasteiger partial charge on any atom is -0.497 e. The maximum atomic E-state index is 6.10. The van der Waals surface area contributed by atoms with Gasteiger partial charge in [-0.1, -0.05) is 43.5 Å². The second-order valence-electron chi connectivity index (χ2n) is 8.62. The lowest BCUT2D eigenvalue weighted by Gasteiger charge is -2.22. The van der Waals surface area contributed by atoms with Crippen molar-refractivity contribution < 1.29 is 18.9 Å². The average molecular weight is 472 g/mol. The van der Waals surface area contributed by atoms with Crippen molar-refractivity contribution in [2.24, 2.45) is 0 Å². The Morgan fingerprint density at radius 3 is 2.43 bits per heavy atom. The van der Waals surface area contributed by atoms with Gasteiger partial charge in [-0.25, -0.2) is 4.98 Å². The average Bonchev–Trinajstić information content (AvgIpc) is 2.91.